The van der Waals surface area contributed by atoms with Gasteiger partial charge in [0.15, 0.2) is 0 Å². The van der Waals surface area contributed by atoms with Crippen molar-refractivity contribution in [1.82, 2.24) is 9.38 Å². The minimum atomic E-state index is -0.437. The van der Waals surface area contributed by atoms with Gasteiger partial charge in [-0.3, -0.25) is 0 Å². The third-order valence-corrected chi connectivity index (χ3v) is 10.8. The monoisotopic (exact) mass is 608 g/mol. The van der Waals surface area contributed by atoms with E-state index in [4.69, 9.17) is 4.98 Å². The average Bonchev–Trinajstić information content (AvgIpc) is 3.82. The van der Waals surface area contributed by atoms with Crippen molar-refractivity contribution in [2.75, 3.05) is 0 Å². The molecule has 1 spiro atoms. The van der Waals surface area contributed by atoms with Crippen molar-refractivity contribution in [2.45, 2.75) is 5.41 Å². The molecule has 222 valence electrons. The van der Waals surface area contributed by atoms with E-state index in [1.807, 2.05) is 24.4 Å². The zero-order valence-electron chi connectivity index (χ0n) is 26.1. The second-order valence-corrected chi connectivity index (χ2v) is 13.1. The molecule has 0 radical (unpaired) electrons. The smallest absolute Gasteiger partial charge is 0.137 e. The molecule has 11 rings (SSSR count). The number of imidazole rings is 1. The summed E-state index contributed by atoms with van der Waals surface area (Å²) < 4.78 is 2.08. The second kappa shape index (κ2) is 9.40. The largest absolute Gasteiger partial charge is 0.306 e. The summed E-state index contributed by atoms with van der Waals surface area (Å²) in [6.07, 6.45) is 4.16. The molecule has 9 aromatic rings. The van der Waals surface area contributed by atoms with Gasteiger partial charge in [-0.05, 0) is 95.4 Å². The zero-order valence-corrected chi connectivity index (χ0v) is 26.1. The Bertz CT molecular complexity index is 2700. The molecule has 0 saturated heterocycles. The topological polar surface area (TPSA) is 17.3 Å². The molecule has 2 aromatic heterocycles. The van der Waals surface area contributed by atoms with Crippen LogP contribution in [0, 0.1) is 0 Å². The molecule has 0 atom stereocenters. The molecule has 0 fully saturated rings. The van der Waals surface area contributed by atoms with E-state index in [1.165, 1.54) is 77.2 Å². The van der Waals surface area contributed by atoms with E-state index in [9.17, 15) is 0 Å². The number of aromatic nitrogens is 2. The fourth-order valence-corrected chi connectivity index (χ4v) is 8.91. The van der Waals surface area contributed by atoms with E-state index < -0.39 is 5.41 Å². The summed E-state index contributed by atoms with van der Waals surface area (Å²) >= 11 is 0. The highest BCUT2D eigenvalue weighted by Crippen LogP contribution is 2.65. The number of benzene rings is 7. The molecule has 48 heavy (non-hydrogen) atoms. The lowest BCUT2D eigenvalue weighted by atomic mass is 9.69. The fourth-order valence-electron chi connectivity index (χ4n) is 8.91. The lowest BCUT2D eigenvalue weighted by Gasteiger charge is -2.32. The summed E-state index contributed by atoms with van der Waals surface area (Å²) in [5.74, 6) is 0. The lowest BCUT2D eigenvalue weighted by molar-refractivity contribution is 0.802. The van der Waals surface area contributed by atoms with Crippen molar-refractivity contribution in [3.8, 4) is 44.6 Å². The molecule has 0 amide bonds. The number of fused-ring (bicyclic) bond motifs is 15. The predicted octanol–water partition coefficient (Wildman–Crippen LogP) is 11.3. The van der Waals surface area contributed by atoms with E-state index in [0.717, 1.165) is 16.9 Å². The van der Waals surface area contributed by atoms with Gasteiger partial charge in [-0.15, -0.1) is 0 Å². The molecule has 0 bridgehead atoms. The Labute approximate surface area is 278 Å². The average molecular weight is 609 g/mol. The number of hydrogen-bond acceptors (Lipinski definition) is 1. The van der Waals surface area contributed by atoms with E-state index >= 15 is 0 Å². The molecule has 2 heteroatoms. The third kappa shape index (κ3) is 3.24. The van der Waals surface area contributed by atoms with Crippen molar-refractivity contribution in [1.29, 1.82) is 0 Å². The van der Waals surface area contributed by atoms with Crippen LogP contribution in [0.3, 0.4) is 0 Å². The Morgan fingerprint density at radius 1 is 0.458 bits per heavy atom. The Hall–Kier alpha value is -6.25. The van der Waals surface area contributed by atoms with Gasteiger partial charge in [0.2, 0.25) is 0 Å². The molecule has 2 aliphatic carbocycles. The van der Waals surface area contributed by atoms with Crippen LogP contribution >= 0.6 is 0 Å². The number of nitrogens with zero attached hydrogens (tertiary/aromatic N) is 2. The molecule has 0 unspecified atom stereocenters. The predicted molar refractivity (Wildman–Crippen MR) is 197 cm³/mol. The van der Waals surface area contributed by atoms with Gasteiger partial charge in [0.05, 0.1) is 11.1 Å². The highest BCUT2D eigenvalue weighted by Gasteiger charge is 2.53. The maximum atomic E-state index is 4.88. The number of hydrogen-bond donors (Lipinski definition) is 0. The van der Waals surface area contributed by atoms with Gasteiger partial charge in [0, 0.05) is 18.0 Å². The van der Waals surface area contributed by atoms with Crippen LogP contribution in [0.4, 0.5) is 0 Å². The Morgan fingerprint density at radius 3 is 1.88 bits per heavy atom. The van der Waals surface area contributed by atoms with E-state index in [1.54, 1.807) is 0 Å². The van der Waals surface area contributed by atoms with Gasteiger partial charge >= 0.3 is 0 Å². The summed E-state index contributed by atoms with van der Waals surface area (Å²) in [7, 11) is 0. The minimum Gasteiger partial charge on any atom is -0.306 e. The first-order chi connectivity index (χ1) is 23.8. The highest BCUT2D eigenvalue weighted by molar-refractivity contribution is 6.14. The summed E-state index contributed by atoms with van der Waals surface area (Å²) in [5, 5.41) is 5.16. The zero-order chi connectivity index (χ0) is 31.4. The molecule has 0 saturated carbocycles. The van der Waals surface area contributed by atoms with E-state index in [-0.39, 0.29) is 0 Å². The van der Waals surface area contributed by atoms with Crippen molar-refractivity contribution in [3.05, 3.63) is 192 Å². The van der Waals surface area contributed by atoms with Crippen LogP contribution in [0.2, 0.25) is 0 Å². The molecule has 0 N–H and O–H groups in total. The first kappa shape index (κ1) is 25.9. The van der Waals surface area contributed by atoms with E-state index in [0.29, 0.717) is 0 Å². The van der Waals surface area contributed by atoms with Gasteiger partial charge in [0.25, 0.3) is 0 Å². The van der Waals surface area contributed by atoms with Gasteiger partial charge in [-0.1, -0.05) is 140 Å². The van der Waals surface area contributed by atoms with E-state index in [2.05, 4.69) is 150 Å². The molecular weight excluding hydrogens is 581 g/mol. The fraction of sp³-hybridized carbons (Fsp3) is 0.0217. The van der Waals surface area contributed by atoms with Crippen LogP contribution in [-0.4, -0.2) is 9.38 Å². The summed E-state index contributed by atoms with van der Waals surface area (Å²) in [6.45, 7) is 0. The van der Waals surface area contributed by atoms with Gasteiger partial charge in [0.1, 0.15) is 5.65 Å². The van der Waals surface area contributed by atoms with Crippen LogP contribution < -0.4 is 0 Å². The van der Waals surface area contributed by atoms with Crippen molar-refractivity contribution < 1.29 is 0 Å². The first-order valence-electron chi connectivity index (χ1n) is 16.6. The summed E-state index contributed by atoms with van der Waals surface area (Å²) in [5.41, 5.74) is 15.9. The maximum Gasteiger partial charge on any atom is 0.137 e. The molecule has 2 nitrogen and oxygen atoms in total. The summed E-state index contributed by atoms with van der Waals surface area (Å²) in [4.78, 5) is 4.88. The summed E-state index contributed by atoms with van der Waals surface area (Å²) in [6, 6.07) is 58.4. The van der Waals surface area contributed by atoms with Gasteiger partial charge in [-0.2, -0.15) is 0 Å². The normalized spacial score (nSPS) is 13.6. The number of pyridine rings is 1. The second-order valence-electron chi connectivity index (χ2n) is 13.1. The van der Waals surface area contributed by atoms with Gasteiger partial charge in [-0.25, -0.2) is 4.98 Å². The van der Waals surface area contributed by atoms with Crippen LogP contribution in [-0.2, 0) is 5.41 Å². The molecule has 0 aliphatic heterocycles. The maximum absolute atomic E-state index is 4.88. The highest BCUT2D eigenvalue weighted by atomic mass is 15.0. The Kier molecular flexibility index (Phi) is 5.07. The van der Waals surface area contributed by atoms with Gasteiger partial charge < -0.3 is 4.40 Å². The minimum absolute atomic E-state index is 0.437. The van der Waals surface area contributed by atoms with Crippen LogP contribution in [0.25, 0.3) is 71.8 Å². The molecule has 7 aromatic carbocycles. The Morgan fingerprint density at radius 2 is 1.10 bits per heavy atom. The number of rotatable bonds is 2. The van der Waals surface area contributed by atoms with Crippen LogP contribution in [0.1, 0.15) is 22.3 Å². The molecule has 2 aliphatic rings. The van der Waals surface area contributed by atoms with Crippen molar-refractivity contribution in [2.24, 2.45) is 0 Å². The standard InChI is InChI=1S/C46H28N2/c1-2-12-32-29(11-1)24-25-37-44-36-16-4-3-13-33(36)38(30-20-22-31(23-21-30)42-28-48-26-10-9-19-43(48)47-42)27-41(44)46(45(32)37)39-17-7-5-14-34(39)35-15-6-8-18-40(35)46/h1-28H. The van der Waals surface area contributed by atoms with Crippen molar-refractivity contribution >= 4 is 27.2 Å². The van der Waals surface area contributed by atoms with Crippen molar-refractivity contribution in [3.63, 3.8) is 0 Å². The third-order valence-electron chi connectivity index (χ3n) is 10.8. The molecule has 2 heterocycles. The SMILES string of the molecule is c1ccc2c(c1)-c1ccccc1C21c2cc(-c3ccc(-c4cn5ccccc5n4)cc3)c3ccccc3c2-c2ccc3ccccc3c21. The first-order valence-corrected chi connectivity index (χ1v) is 16.6. The van der Waals surface area contributed by atoms with Crippen LogP contribution in [0.15, 0.2) is 170 Å². The molecular formula is C46H28N2. The quantitative estimate of drug-likeness (QED) is 0.191. The lowest BCUT2D eigenvalue weighted by Crippen LogP contribution is -2.26. The van der Waals surface area contributed by atoms with Crippen LogP contribution in [0.5, 0.6) is 0 Å². The Balaban J connectivity index is 1.23.